The molecule has 1 unspecified atom stereocenters. The van der Waals surface area contributed by atoms with Crippen molar-refractivity contribution in [2.75, 3.05) is 5.73 Å². The van der Waals surface area contributed by atoms with Gasteiger partial charge in [0.25, 0.3) is 5.56 Å². The number of fused-ring (bicyclic) bond motifs is 1. The summed E-state index contributed by atoms with van der Waals surface area (Å²) in [4.78, 5) is 30.0. The highest BCUT2D eigenvalue weighted by molar-refractivity contribution is 7.16. The van der Waals surface area contributed by atoms with Crippen LogP contribution in [0.15, 0.2) is 9.59 Å². The van der Waals surface area contributed by atoms with E-state index in [1.807, 2.05) is 13.8 Å². The lowest BCUT2D eigenvalue weighted by atomic mass is 10.00. The van der Waals surface area contributed by atoms with Crippen LogP contribution < -0.4 is 16.2 Å². The Morgan fingerprint density at radius 2 is 2.21 bits per heavy atom. The standard InChI is InChI=1S/C14H20N4O5S/c1-5(2)3-6(19)8-4-7(20)12(23-8)18-10-9(24-14(18)22)11(21)17-13(15)16-10/h5-8,12,19-20H,3-4H2,1-2H3,(H3,15,16,17,21)/t6?,7-,8+,12-/m1/s1. The van der Waals surface area contributed by atoms with E-state index in [-0.39, 0.29) is 28.6 Å². The molecular weight excluding hydrogens is 336 g/mol. The zero-order valence-electron chi connectivity index (χ0n) is 13.3. The number of nitrogen functional groups attached to an aromatic ring is 1. The normalized spacial score (nSPS) is 25.6. The Morgan fingerprint density at radius 3 is 2.88 bits per heavy atom. The number of hydrogen-bond donors (Lipinski definition) is 4. The van der Waals surface area contributed by atoms with E-state index in [1.54, 1.807) is 0 Å². The maximum Gasteiger partial charge on any atom is 0.311 e. The minimum atomic E-state index is -1.01. The van der Waals surface area contributed by atoms with E-state index >= 15 is 0 Å². The predicted octanol–water partition coefficient (Wildman–Crippen LogP) is -0.216. The van der Waals surface area contributed by atoms with Crippen molar-refractivity contribution in [2.24, 2.45) is 5.92 Å². The SMILES string of the molecule is CC(C)CC(O)[C@@H]1C[C@@H](O)[C@H](n2c(=O)sc3c(=O)[nH]c(N)nc32)O1. The number of aromatic nitrogens is 3. The molecular formula is C14H20N4O5S. The zero-order valence-corrected chi connectivity index (χ0v) is 14.1. The molecule has 0 aliphatic carbocycles. The summed E-state index contributed by atoms with van der Waals surface area (Å²) in [5, 5.41) is 20.5. The van der Waals surface area contributed by atoms with Crippen LogP contribution in [0.4, 0.5) is 5.95 Å². The Labute approximate surface area is 140 Å². The Bertz CT molecular complexity index is 857. The number of nitrogens with two attached hydrogens (primary N) is 1. The van der Waals surface area contributed by atoms with Gasteiger partial charge in [-0.25, -0.2) is 0 Å². The first-order valence-electron chi connectivity index (χ1n) is 7.70. The van der Waals surface area contributed by atoms with Crippen molar-refractivity contribution in [3.63, 3.8) is 0 Å². The molecule has 0 aromatic carbocycles. The molecule has 132 valence electrons. The molecule has 0 amide bonds. The van der Waals surface area contributed by atoms with E-state index < -0.39 is 35.0 Å². The maximum atomic E-state index is 12.3. The quantitative estimate of drug-likeness (QED) is 0.593. The first kappa shape index (κ1) is 17.1. The van der Waals surface area contributed by atoms with E-state index in [9.17, 15) is 19.8 Å². The third-order valence-electron chi connectivity index (χ3n) is 4.01. The Morgan fingerprint density at radius 1 is 1.50 bits per heavy atom. The van der Waals surface area contributed by atoms with Gasteiger partial charge >= 0.3 is 4.87 Å². The fraction of sp³-hybridized carbons (Fsp3) is 0.643. The smallest absolute Gasteiger partial charge is 0.311 e. The summed E-state index contributed by atoms with van der Waals surface area (Å²) in [7, 11) is 0. The lowest BCUT2D eigenvalue weighted by Crippen LogP contribution is -2.29. The van der Waals surface area contributed by atoms with Crippen LogP contribution in [0.5, 0.6) is 0 Å². The molecule has 1 aliphatic heterocycles. The van der Waals surface area contributed by atoms with Gasteiger partial charge in [-0.2, -0.15) is 4.98 Å². The predicted molar refractivity (Wildman–Crippen MR) is 88.9 cm³/mol. The first-order chi connectivity index (χ1) is 11.3. The summed E-state index contributed by atoms with van der Waals surface area (Å²) in [6.07, 6.45) is -2.61. The van der Waals surface area contributed by atoms with Gasteiger partial charge in [0, 0.05) is 6.42 Å². The molecule has 0 bridgehead atoms. The molecule has 2 aromatic rings. The van der Waals surface area contributed by atoms with Gasteiger partial charge in [-0.1, -0.05) is 25.2 Å². The van der Waals surface area contributed by atoms with Gasteiger partial charge < -0.3 is 20.7 Å². The molecule has 1 aliphatic rings. The molecule has 1 fully saturated rings. The summed E-state index contributed by atoms with van der Waals surface area (Å²) in [6.45, 7) is 3.95. The van der Waals surface area contributed by atoms with E-state index in [4.69, 9.17) is 10.5 Å². The second kappa shape index (κ2) is 6.28. The lowest BCUT2D eigenvalue weighted by Gasteiger charge is -2.20. The van der Waals surface area contributed by atoms with Crippen molar-refractivity contribution >= 4 is 27.6 Å². The molecule has 4 atom stereocenters. The number of nitrogens with zero attached hydrogens (tertiary/aromatic N) is 2. The minimum Gasteiger partial charge on any atom is -0.390 e. The van der Waals surface area contributed by atoms with Crippen LogP contribution in [0.3, 0.4) is 0 Å². The van der Waals surface area contributed by atoms with Gasteiger partial charge in [0.05, 0.1) is 12.2 Å². The highest BCUT2D eigenvalue weighted by atomic mass is 32.1. The number of hydrogen-bond acceptors (Lipinski definition) is 8. The van der Waals surface area contributed by atoms with Gasteiger partial charge in [0.15, 0.2) is 11.9 Å². The van der Waals surface area contributed by atoms with Crippen LogP contribution in [0.1, 0.15) is 32.9 Å². The fourth-order valence-corrected chi connectivity index (χ4v) is 3.81. The Hall–Kier alpha value is -1.75. The number of nitrogens with one attached hydrogen (secondary N) is 1. The van der Waals surface area contributed by atoms with Gasteiger partial charge in [0.1, 0.15) is 10.8 Å². The Kier molecular flexibility index (Phi) is 4.47. The number of ether oxygens (including phenoxy) is 1. The summed E-state index contributed by atoms with van der Waals surface area (Å²) < 4.78 is 6.98. The summed E-state index contributed by atoms with van der Waals surface area (Å²) >= 11 is 0.715. The van der Waals surface area contributed by atoms with Crippen LogP contribution in [0.2, 0.25) is 0 Å². The molecule has 24 heavy (non-hydrogen) atoms. The second-order valence-corrected chi connectivity index (χ2v) is 7.37. The molecule has 0 saturated carbocycles. The van der Waals surface area contributed by atoms with Crippen LogP contribution in [-0.4, -0.2) is 43.1 Å². The second-order valence-electron chi connectivity index (χ2n) is 6.41. The third kappa shape index (κ3) is 2.97. The number of aliphatic hydroxyl groups is 2. The largest absolute Gasteiger partial charge is 0.390 e. The molecule has 3 heterocycles. The number of thiazole rings is 1. The lowest BCUT2D eigenvalue weighted by molar-refractivity contribution is -0.0786. The van der Waals surface area contributed by atoms with Crippen molar-refractivity contribution in [3.05, 3.63) is 20.0 Å². The summed E-state index contributed by atoms with van der Waals surface area (Å²) in [6, 6.07) is 0. The van der Waals surface area contributed by atoms with Gasteiger partial charge in [-0.3, -0.25) is 19.1 Å². The van der Waals surface area contributed by atoms with Crippen LogP contribution >= 0.6 is 11.3 Å². The van der Waals surface area contributed by atoms with Crippen molar-refractivity contribution < 1.29 is 14.9 Å². The number of H-pyrrole nitrogens is 1. The topological polar surface area (TPSA) is 143 Å². The van der Waals surface area contributed by atoms with Crippen LogP contribution in [0, 0.1) is 5.92 Å². The third-order valence-corrected chi connectivity index (χ3v) is 4.95. The van der Waals surface area contributed by atoms with Crippen LogP contribution in [-0.2, 0) is 4.74 Å². The minimum absolute atomic E-state index is 0.0781. The van der Waals surface area contributed by atoms with E-state index in [2.05, 4.69) is 9.97 Å². The summed E-state index contributed by atoms with van der Waals surface area (Å²) in [5.74, 6) is 0.146. The average Bonchev–Trinajstić information content (AvgIpc) is 2.98. The van der Waals surface area contributed by atoms with E-state index in [1.165, 1.54) is 0 Å². The van der Waals surface area contributed by atoms with E-state index in [0.717, 1.165) is 4.57 Å². The van der Waals surface area contributed by atoms with Crippen LogP contribution in [0.25, 0.3) is 10.3 Å². The molecule has 10 heteroatoms. The molecule has 3 rings (SSSR count). The molecule has 9 nitrogen and oxygen atoms in total. The van der Waals surface area contributed by atoms with Gasteiger partial charge in [0.2, 0.25) is 5.95 Å². The highest BCUT2D eigenvalue weighted by Crippen LogP contribution is 2.33. The van der Waals surface area contributed by atoms with Crippen molar-refractivity contribution in [3.8, 4) is 0 Å². The Balaban J connectivity index is 1.98. The molecule has 0 spiro atoms. The average molecular weight is 356 g/mol. The van der Waals surface area contributed by atoms with Gasteiger partial charge in [-0.15, -0.1) is 0 Å². The van der Waals surface area contributed by atoms with Gasteiger partial charge in [-0.05, 0) is 12.3 Å². The number of anilines is 1. The number of rotatable bonds is 4. The number of aromatic amines is 1. The van der Waals surface area contributed by atoms with E-state index in [0.29, 0.717) is 17.8 Å². The monoisotopic (exact) mass is 356 g/mol. The highest BCUT2D eigenvalue weighted by Gasteiger charge is 2.40. The number of aliphatic hydroxyl groups excluding tert-OH is 2. The van der Waals surface area contributed by atoms with Crippen molar-refractivity contribution in [2.45, 2.75) is 51.2 Å². The van der Waals surface area contributed by atoms with Crippen molar-refractivity contribution in [1.82, 2.24) is 14.5 Å². The fourth-order valence-electron chi connectivity index (χ4n) is 2.97. The molecule has 1 saturated heterocycles. The molecule has 0 radical (unpaired) electrons. The molecule has 5 N–H and O–H groups in total. The zero-order chi connectivity index (χ0) is 17.6. The summed E-state index contributed by atoms with van der Waals surface area (Å²) in [5.41, 5.74) is 5.11. The van der Waals surface area contributed by atoms with Crippen molar-refractivity contribution in [1.29, 1.82) is 0 Å². The molecule has 2 aromatic heterocycles. The first-order valence-corrected chi connectivity index (χ1v) is 8.52. The maximum absolute atomic E-state index is 12.3.